The van der Waals surface area contributed by atoms with Crippen LogP contribution in [0, 0.1) is 5.92 Å². The zero-order valence-electron chi connectivity index (χ0n) is 9.89. The van der Waals surface area contributed by atoms with E-state index >= 15 is 0 Å². The molecule has 0 nitrogen and oxygen atoms in total. The van der Waals surface area contributed by atoms with E-state index in [2.05, 4.69) is 29.8 Å². The van der Waals surface area contributed by atoms with Crippen LogP contribution in [0.2, 0.25) is 0 Å². The quantitative estimate of drug-likeness (QED) is 0.664. The molecule has 4 heteroatoms. The Bertz CT molecular complexity index is 341. The van der Waals surface area contributed by atoms with Crippen molar-refractivity contribution in [1.82, 2.24) is 0 Å². The van der Waals surface area contributed by atoms with E-state index in [4.69, 9.17) is 0 Å². The number of rotatable bonds is 4. The highest BCUT2D eigenvalue weighted by Gasteiger charge is 2.31. The van der Waals surface area contributed by atoms with Crippen LogP contribution in [0.25, 0.3) is 0 Å². The third-order valence-corrected chi connectivity index (χ3v) is 3.25. The van der Waals surface area contributed by atoms with Crippen LogP contribution in [0.15, 0.2) is 24.3 Å². The van der Waals surface area contributed by atoms with E-state index in [0.29, 0.717) is 11.5 Å². The van der Waals surface area contributed by atoms with Gasteiger partial charge in [-0.3, -0.25) is 0 Å². The van der Waals surface area contributed by atoms with Gasteiger partial charge in [-0.25, -0.2) is 0 Å². The van der Waals surface area contributed by atoms with Crippen molar-refractivity contribution in [2.75, 3.05) is 0 Å². The molecule has 0 fully saturated rings. The van der Waals surface area contributed by atoms with Crippen molar-refractivity contribution in [3.63, 3.8) is 0 Å². The predicted octanol–water partition coefficient (Wildman–Crippen LogP) is 5.27. The maximum Gasteiger partial charge on any atom is 0.390 e. The molecule has 17 heavy (non-hydrogen) atoms. The molecule has 0 spiro atoms. The fraction of sp³-hybridized carbons (Fsp3) is 0.538. The molecule has 0 saturated carbocycles. The van der Waals surface area contributed by atoms with E-state index in [0.717, 1.165) is 12.0 Å². The third kappa shape index (κ3) is 5.57. The summed E-state index contributed by atoms with van der Waals surface area (Å²) in [5.74, 6) is 0.552. The fourth-order valence-electron chi connectivity index (χ4n) is 1.66. The van der Waals surface area contributed by atoms with Crippen LogP contribution in [-0.4, -0.2) is 6.18 Å². The smallest absolute Gasteiger partial charge is 0.171 e. The van der Waals surface area contributed by atoms with Crippen LogP contribution in [-0.2, 0) is 6.42 Å². The molecule has 0 heterocycles. The summed E-state index contributed by atoms with van der Waals surface area (Å²) in [6, 6.07) is 7.34. The van der Waals surface area contributed by atoms with Gasteiger partial charge in [0.25, 0.3) is 0 Å². The minimum absolute atomic E-state index is 0.552. The molecule has 0 aliphatic rings. The van der Waals surface area contributed by atoms with Crippen LogP contribution in [0.5, 0.6) is 0 Å². The van der Waals surface area contributed by atoms with Gasteiger partial charge in [-0.05, 0) is 23.5 Å². The topological polar surface area (TPSA) is 0 Å². The summed E-state index contributed by atoms with van der Waals surface area (Å²) in [5, 5.41) is 0. The first kappa shape index (κ1) is 14.6. The number of hydrogen-bond acceptors (Lipinski definition) is 0. The van der Waals surface area contributed by atoms with Gasteiger partial charge in [0.2, 0.25) is 0 Å². The Morgan fingerprint density at radius 2 is 1.65 bits per heavy atom. The molecule has 0 saturated heterocycles. The molecule has 0 amide bonds. The Morgan fingerprint density at radius 3 is 2.06 bits per heavy atom. The van der Waals surface area contributed by atoms with Crippen LogP contribution < -0.4 is 0 Å². The lowest BCUT2D eigenvalue weighted by Crippen LogP contribution is -2.10. The molecule has 0 radical (unpaired) electrons. The Balaban J connectivity index is 2.67. The van der Waals surface area contributed by atoms with E-state index in [1.54, 1.807) is 12.1 Å². The van der Waals surface area contributed by atoms with E-state index in [-0.39, 0.29) is 0 Å². The van der Waals surface area contributed by atoms with E-state index in [9.17, 15) is 13.2 Å². The molecule has 1 rings (SSSR count). The Morgan fingerprint density at radius 1 is 1.12 bits per heavy atom. The summed E-state index contributed by atoms with van der Waals surface area (Å²) in [7, 11) is 0. The number of halogens is 4. The first-order valence-electron chi connectivity index (χ1n) is 5.57. The second kappa shape index (κ2) is 5.89. The lowest BCUT2D eigenvalue weighted by Gasteiger charge is -2.13. The average molecular weight is 309 g/mol. The van der Waals surface area contributed by atoms with Gasteiger partial charge in [0.1, 0.15) is 0 Å². The lowest BCUT2D eigenvalue weighted by atomic mass is 10.0. The Kier molecular flexibility index (Phi) is 5.04. The molecule has 1 aromatic rings. The minimum Gasteiger partial charge on any atom is -0.171 e. The highest BCUT2D eigenvalue weighted by Crippen LogP contribution is 2.35. The maximum atomic E-state index is 12.2. The fourth-order valence-corrected chi connectivity index (χ4v) is 2.33. The zero-order valence-corrected chi connectivity index (χ0v) is 11.5. The number of hydrogen-bond donors (Lipinski definition) is 0. The monoisotopic (exact) mass is 308 g/mol. The molecule has 1 atom stereocenters. The molecule has 0 aliphatic heterocycles. The second-order valence-corrected chi connectivity index (χ2v) is 5.73. The minimum atomic E-state index is -4.13. The van der Waals surface area contributed by atoms with Gasteiger partial charge in [0, 0.05) is 4.83 Å². The largest absolute Gasteiger partial charge is 0.390 e. The Labute approximate surface area is 108 Å². The van der Waals surface area contributed by atoms with Gasteiger partial charge in [0.05, 0.1) is 6.42 Å². The van der Waals surface area contributed by atoms with E-state index < -0.39 is 17.4 Å². The number of alkyl halides is 4. The normalized spacial score (nSPS) is 14.1. The van der Waals surface area contributed by atoms with Crippen molar-refractivity contribution in [2.45, 2.75) is 37.7 Å². The molecule has 1 aromatic carbocycles. The maximum absolute atomic E-state index is 12.2. The Hall–Kier alpha value is -0.510. The molecular formula is C13H16BrF3. The standard InChI is InChI=1S/C13H16BrF3/c1-9(2)7-10-3-5-11(6-4-10)12(14)8-13(15,16)17/h3-6,9,12H,7-8H2,1-2H3. The molecule has 1 unspecified atom stereocenters. The number of benzene rings is 1. The van der Waals surface area contributed by atoms with Crippen LogP contribution >= 0.6 is 15.9 Å². The first-order chi connectivity index (χ1) is 7.78. The van der Waals surface area contributed by atoms with Gasteiger partial charge < -0.3 is 0 Å². The average Bonchev–Trinajstić information content (AvgIpc) is 2.15. The van der Waals surface area contributed by atoms with Gasteiger partial charge in [-0.1, -0.05) is 54.0 Å². The van der Waals surface area contributed by atoms with Gasteiger partial charge in [-0.15, -0.1) is 0 Å². The highest BCUT2D eigenvalue weighted by molar-refractivity contribution is 9.09. The summed E-state index contributed by atoms with van der Waals surface area (Å²) in [6.45, 7) is 4.23. The molecular weight excluding hydrogens is 293 g/mol. The summed E-state index contributed by atoms with van der Waals surface area (Å²) < 4.78 is 36.6. The van der Waals surface area contributed by atoms with Gasteiger partial charge >= 0.3 is 6.18 Å². The predicted molar refractivity (Wildman–Crippen MR) is 67.3 cm³/mol. The summed E-state index contributed by atoms with van der Waals surface area (Å²) in [6.07, 6.45) is -4.02. The van der Waals surface area contributed by atoms with Crippen LogP contribution in [0.4, 0.5) is 13.2 Å². The molecule has 0 aliphatic carbocycles. The van der Waals surface area contributed by atoms with E-state index in [1.807, 2.05) is 12.1 Å². The van der Waals surface area contributed by atoms with Crippen molar-refractivity contribution in [1.29, 1.82) is 0 Å². The van der Waals surface area contributed by atoms with Crippen molar-refractivity contribution < 1.29 is 13.2 Å². The van der Waals surface area contributed by atoms with Crippen molar-refractivity contribution >= 4 is 15.9 Å². The zero-order chi connectivity index (χ0) is 13.1. The first-order valence-corrected chi connectivity index (χ1v) is 6.49. The van der Waals surface area contributed by atoms with Crippen LogP contribution in [0.1, 0.15) is 36.2 Å². The third-order valence-electron chi connectivity index (χ3n) is 2.40. The van der Waals surface area contributed by atoms with Crippen molar-refractivity contribution in [3.8, 4) is 0 Å². The summed E-state index contributed by atoms with van der Waals surface area (Å²) >= 11 is 3.08. The van der Waals surface area contributed by atoms with Crippen molar-refractivity contribution in [2.24, 2.45) is 5.92 Å². The summed E-state index contributed by atoms with van der Waals surface area (Å²) in [5.41, 5.74) is 1.84. The highest BCUT2D eigenvalue weighted by atomic mass is 79.9. The van der Waals surface area contributed by atoms with Crippen LogP contribution in [0.3, 0.4) is 0 Å². The lowest BCUT2D eigenvalue weighted by molar-refractivity contribution is -0.134. The van der Waals surface area contributed by atoms with Crippen molar-refractivity contribution in [3.05, 3.63) is 35.4 Å². The molecule has 96 valence electrons. The molecule has 0 bridgehead atoms. The SMILES string of the molecule is CC(C)Cc1ccc(C(Br)CC(F)(F)F)cc1. The molecule has 0 N–H and O–H groups in total. The van der Waals surface area contributed by atoms with E-state index in [1.165, 1.54) is 0 Å². The van der Waals surface area contributed by atoms with Gasteiger partial charge in [-0.2, -0.15) is 13.2 Å². The second-order valence-electron chi connectivity index (χ2n) is 4.63. The molecule has 0 aromatic heterocycles. The summed E-state index contributed by atoms with van der Waals surface area (Å²) in [4.78, 5) is -0.657. The van der Waals surface area contributed by atoms with Gasteiger partial charge in [0.15, 0.2) is 0 Å².